The van der Waals surface area contributed by atoms with Crippen molar-refractivity contribution in [3.8, 4) is 11.5 Å². The zero-order valence-electron chi connectivity index (χ0n) is 13.7. The van der Waals surface area contributed by atoms with Crippen LogP contribution in [0.1, 0.15) is 25.0 Å². The van der Waals surface area contributed by atoms with Crippen LogP contribution in [0.25, 0.3) is 12.2 Å². The Labute approximate surface area is 137 Å². The molecule has 0 fully saturated rings. The standard InChI is InChI=1S/C20H22O3/c1-20(2,22-3)23-19-14-10-17(11-15-19)7-5-4-6-16-8-12-18(21)13-9-16/h4-15,21H,1-3H3. The number of ether oxygens (including phenoxy) is 2. The van der Waals surface area contributed by atoms with Gasteiger partial charge in [-0.1, -0.05) is 48.6 Å². The van der Waals surface area contributed by atoms with Crippen molar-refractivity contribution < 1.29 is 14.6 Å². The SMILES string of the molecule is COC(C)(C)Oc1ccc(C=CC=Cc2ccc(O)cc2)cc1. The number of phenols is 1. The topological polar surface area (TPSA) is 38.7 Å². The van der Waals surface area contributed by atoms with Crippen LogP contribution in [-0.2, 0) is 4.74 Å². The van der Waals surface area contributed by atoms with Gasteiger partial charge >= 0.3 is 0 Å². The molecule has 0 spiro atoms. The van der Waals surface area contributed by atoms with Crippen LogP contribution in [0.3, 0.4) is 0 Å². The molecule has 0 amide bonds. The molecule has 2 aromatic carbocycles. The predicted octanol–water partition coefficient (Wildman–Crippen LogP) is 4.88. The van der Waals surface area contributed by atoms with Crippen molar-refractivity contribution in [1.82, 2.24) is 0 Å². The van der Waals surface area contributed by atoms with E-state index in [9.17, 15) is 5.11 Å². The van der Waals surface area contributed by atoms with Gasteiger partial charge < -0.3 is 14.6 Å². The molecule has 0 saturated heterocycles. The minimum Gasteiger partial charge on any atom is -0.508 e. The molecule has 0 saturated carbocycles. The molecule has 2 rings (SSSR count). The number of phenolic OH excluding ortho intramolecular Hbond substituents is 1. The van der Waals surface area contributed by atoms with Gasteiger partial charge in [0, 0.05) is 21.0 Å². The Morgan fingerprint density at radius 3 is 1.78 bits per heavy atom. The molecular formula is C20H22O3. The second kappa shape index (κ2) is 7.65. The first-order valence-electron chi connectivity index (χ1n) is 7.46. The lowest BCUT2D eigenvalue weighted by atomic mass is 10.1. The van der Waals surface area contributed by atoms with Gasteiger partial charge in [0.15, 0.2) is 0 Å². The summed E-state index contributed by atoms with van der Waals surface area (Å²) in [6, 6.07) is 14.9. The monoisotopic (exact) mass is 310 g/mol. The summed E-state index contributed by atoms with van der Waals surface area (Å²) in [5.74, 6) is 0.412. The quantitative estimate of drug-likeness (QED) is 0.610. The van der Waals surface area contributed by atoms with E-state index in [-0.39, 0.29) is 5.75 Å². The van der Waals surface area contributed by atoms with Crippen molar-refractivity contribution in [2.75, 3.05) is 7.11 Å². The minimum atomic E-state index is -0.635. The van der Waals surface area contributed by atoms with Crippen molar-refractivity contribution in [1.29, 1.82) is 0 Å². The summed E-state index contributed by atoms with van der Waals surface area (Å²) >= 11 is 0. The molecule has 0 aliphatic carbocycles. The van der Waals surface area contributed by atoms with Crippen molar-refractivity contribution in [2.24, 2.45) is 0 Å². The highest BCUT2D eigenvalue weighted by Crippen LogP contribution is 2.20. The fourth-order valence-electron chi connectivity index (χ4n) is 1.89. The number of allylic oxidation sites excluding steroid dienone is 2. The Balaban J connectivity index is 1.94. The largest absolute Gasteiger partial charge is 0.508 e. The van der Waals surface area contributed by atoms with Gasteiger partial charge in [0.1, 0.15) is 11.5 Å². The molecular weight excluding hydrogens is 288 g/mol. The third kappa shape index (κ3) is 5.64. The molecule has 3 nitrogen and oxygen atoms in total. The predicted molar refractivity (Wildman–Crippen MR) is 94.3 cm³/mol. The Morgan fingerprint density at radius 1 is 0.826 bits per heavy atom. The molecule has 0 atom stereocenters. The van der Waals surface area contributed by atoms with Gasteiger partial charge in [-0.15, -0.1) is 0 Å². The van der Waals surface area contributed by atoms with Crippen LogP contribution >= 0.6 is 0 Å². The molecule has 0 radical (unpaired) electrons. The van der Waals surface area contributed by atoms with Crippen LogP contribution in [0.4, 0.5) is 0 Å². The number of methoxy groups -OCH3 is 1. The summed E-state index contributed by atoms with van der Waals surface area (Å²) in [4.78, 5) is 0. The second-order valence-electron chi connectivity index (χ2n) is 5.58. The summed E-state index contributed by atoms with van der Waals surface area (Å²) < 4.78 is 11.0. The first-order chi connectivity index (χ1) is 11.0. The molecule has 0 unspecified atom stereocenters. The van der Waals surface area contributed by atoms with Gasteiger partial charge in [-0.25, -0.2) is 0 Å². The van der Waals surface area contributed by atoms with E-state index >= 15 is 0 Å². The summed E-state index contributed by atoms with van der Waals surface area (Å²) in [5.41, 5.74) is 2.13. The van der Waals surface area contributed by atoms with Gasteiger partial charge in [0.25, 0.3) is 0 Å². The second-order valence-corrected chi connectivity index (χ2v) is 5.58. The highest BCUT2D eigenvalue weighted by Gasteiger charge is 2.17. The van der Waals surface area contributed by atoms with Gasteiger partial charge in [-0.05, 0) is 35.4 Å². The van der Waals surface area contributed by atoms with Gasteiger partial charge in [-0.2, -0.15) is 0 Å². The number of benzene rings is 2. The maximum absolute atomic E-state index is 9.23. The average Bonchev–Trinajstić information content (AvgIpc) is 2.54. The van der Waals surface area contributed by atoms with E-state index in [0.29, 0.717) is 0 Å². The third-order valence-electron chi connectivity index (χ3n) is 3.32. The van der Waals surface area contributed by atoms with Crippen LogP contribution in [0.5, 0.6) is 11.5 Å². The lowest BCUT2D eigenvalue weighted by molar-refractivity contribution is -0.134. The summed E-state index contributed by atoms with van der Waals surface area (Å²) in [6.07, 6.45) is 7.93. The fraction of sp³-hybridized carbons (Fsp3) is 0.200. The van der Waals surface area contributed by atoms with Crippen LogP contribution in [0, 0.1) is 0 Å². The van der Waals surface area contributed by atoms with Gasteiger partial charge in [-0.3, -0.25) is 0 Å². The van der Waals surface area contributed by atoms with Gasteiger partial charge in [0.05, 0.1) is 0 Å². The van der Waals surface area contributed by atoms with E-state index in [4.69, 9.17) is 9.47 Å². The third-order valence-corrected chi connectivity index (χ3v) is 3.32. The lowest BCUT2D eigenvalue weighted by Crippen LogP contribution is -2.30. The molecule has 0 aromatic heterocycles. The van der Waals surface area contributed by atoms with Crippen LogP contribution < -0.4 is 4.74 Å². The summed E-state index contributed by atoms with van der Waals surface area (Å²) in [5, 5.41) is 9.23. The molecule has 0 heterocycles. The Morgan fingerprint density at radius 2 is 1.30 bits per heavy atom. The highest BCUT2D eigenvalue weighted by atomic mass is 16.7. The molecule has 0 aliphatic rings. The van der Waals surface area contributed by atoms with Crippen molar-refractivity contribution in [3.63, 3.8) is 0 Å². The number of aromatic hydroxyl groups is 1. The summed E-state index contributed by atoms with van der Waals surface area (Å²) in [7, 11) is 1.62. The first kappa shape index (κ1) is 16.8. The fourth-order valence-corrected chi connectivity index (χ4v) is 1.89. The summed E-state index contributed by atoms with van der Waals surface area (Å²) in [6.45, 7) is 3.74. The Hall–Kier alpha value is -2.52. The van der Waals surface area contributed by atoms with Crippen LogP contribution in [0.15, 0.2) is 60.7 Å². The maximum atomic E-state index is 9.23. The smallest absolute Gasteiger partial charge is 0.204 e. The zero-order valence-corrected chi connectivity index (χ0v) is 13.7. The number of hydrogen-bond acceptors (Lipinski definition) is 3. The van der Waals surface area contributed by atoms with Crippen molar-refractivity contribution in [3.05, 3.63) is 71.8 Å². The first-order valence-corrected chi connectivity index (χ1v) is 7.46. The van der Waals surface area contributed by atoms with Crippen molar-refractivity contribution >= 4 is 12.2 Å². The average molecular weight is 310 g/mol. The molecule has 0 aliphatic heterocycles. The zero-order chi connectivity index (χ0) is 16.7. The van der Waals surface area contributed by atoms with E-state index in [0.717, 1.165) is 16.9 Å². The Bertz CT molecular complexity index is 665. The number of rotatable bonds is 6. The minimum absolute atomic E-state index is 0.275. The molecule has 1 N–H and O–H groups in total. The normalized spacial score (nSPS) is 12.1. The molecule has 0 bridgehead atoms. The van der Waals surface area contributed by atoms with Crippen molar-refractivity contribution in [2.45, 2.75) is 19.6 Å². The molecule has 120 valence electrons. The molecule has 2 aromatic rings. The van der Waals surface area contributed by atoms with Crippen LogP contribution in [0.2, 0.25) is 0 Å². The number of hydrogen-bond donors (Lipinski definition) is 1. The van der Waals surface area contributed by atoms with E-state index in [1.807, 2.05) is 74.5 Å². The van der Waals surface area contributed by atoms with Crippen LogP contribution in [-0.4, -0.2) is 18.0 Å². The van der Waals surface area contributed by atoms with E-state index < -0.39 is 5.79 Å². The van der Waals surface area contributed by atoms with E-state index in [1.165, 1.54) is 0 Å². The molecule has 3 heteroatoms. The molecule has 23 heavy (non-hydrogen) atoms. The van der Waals surface area contributed by atoms with E-state index in [2.05, 4.69) is 0 Å². The van der Waals surface area contributed by atoms with Gasteiger partial charge in [0.2, 0.25) is 5.79 Å². The maximum Gasteiger partial charge on any atom is 0.204 e. The Kier molecular flexibility index (Phi) is 5.61. The highest BCUT2D eigenvalue weighted by molar-refractivity contribution is 5.57. The lowest BCUT2D eigenvalue weighted by Gasteiger charge is -2.24. The van der Waals surface area contributed by atoms with E-state index in [1.54, 1.807) is 19.2 Å².